The number of rotatable bonds is 5. The fourth-order valence-electron chi connectivity index (χ4n) is 2.06. The van der Waals surface area contributed by atoms with Gasteiger partial charge in [-0.15, -0.1) is 11.3 Å². The highest BCUT2D eigenvalue weighted by Crippen LogP contribution is 2.37. The molecule has 0 aliphatic heterocycles. The van der Waals surface area contributed by atoms with Gasteiger partial charge in [0.2, 0.25) is 0 Å². The van der Waals surface area contributed by atoms with Gasteiger partial charge in [0, 0.05) is 9.75 Å². The zero-order valence-electron chi connectivity index (χ0n) is 11.6. The zero-order valence-corrected chi connectivity index (χ0v) is 14.0. The Hall–Kier alpha value is -0.800. The highest BCUT2D eigenvalue weighted by molar-refractivity contribution is 9.09. The first-order valence-corrected chi connectivity index (χ1v) is 8.28. The molecule has 1 aromatic carbocycles. The van der Waals surface area contributed by atoms with Crippen molar-refractivity contribution in [2.24, 2.45) is 0 Å². The summed E-state index contributed by atoms with van der Waals surface area (Å²) in [6.45, 7) is 7.22. The first kappa shape index (κ1) is 14.6. The number of halogens is 1. The molecule has 1 unspecified atom stereocenters. The predicted molar refractivity (Wildman–Crippen MR) is 86.8 cm³/mol. The van der Waals surface area contributed by atoms with E-state index in [9.17, 15) is 0 Å². The minimum Gasteiger partial charge on any atom is -0.494 e. The van der Waals surface area contributed by atoms with Gasteiger partial charge in [-0.3, -0.25) is 0 Å². The lowest BCUT2D eigenvalue weighted by Gasteiger charge is -2.12. The van der Waals surface area contributed by atoms with Gasteiger partial charge in [-0.2, -0.15) is 0 Å². The van der Waals surface area contributed by atoms with Crippen LogP contribution in [0.15, 0.2) is 30.3 Å². The van der Waals surface area contributed by atoms with E-state index in [2.05, 4.69) is 61.0 Å². The van der Waals surface area contributed by atoms with Crippen LogP contribution in [-0.4, -0.2) is 6.61 Å². The molecule has 1 aromatic heterocycles. The first-order valence-electron chi connectivity index (χ1n) is 6.55. The average molecular weight is 339 g/mol. The summed E-state index contributed by atoms with van der Waals surface area (Å²) in [7, 11) is 0. The van der Waals surface area contributed by atoms with E-state index in [4.69, 9.17) is 4.74 Å². The molecule has 0 aliphatic rings. The molecule has 0 fully saturated rings. The Bertz CT molecular complexity index is 547. The van der Waals surface area contributed by atoms with Gasteiger partial charge in [0.1, 0.15) is 5.75 Å². The van der Waals surface area contributed by atoms with E-state index in [0.717, 1.165) is 18.8 Å². The summed E-state index contributed by atoms with van der Waals surface area (Å²) in [6.07, 6.45) is 1.03. The lowest BCUT2D eigenvalue weighted by atomic mass is 10.1. The second-order valence-corrected chi connectivity index (χ2v) is 7.03. The van der Waals surface area contributed by atoms with Crippen LogP contribution in [0.4, 0.5) is 0 Å². The number of ether oxygens (including phenoxy) is 1. The molecule has 1 heterocycles. The summed E-state index contributed by atoms with van der Waals surface area (Å²) in [5.41, 5.74) is 2.60. The van der Waals surface area contributed by atoms with Crippen molar-refractivity contribution < 1.29 is 4.74 Å². The molecule has 0 bridgehead atoms. The van der Waals surface area contributed by atoms with E-state index in [1.807, 2.05) is 17.4 Å². The Labute approximate surface area is 127 Å². The van der Waals surface area contributed by atoms with E-state index >= 15 is 0 Å². The van der Waals surface area contributed by atoms with Crippen LogP contribution < -0.4 is 4.74 Å². The third kappa shape index (κ3) is 3.61. The molecular weight excluding hydrogens is 320 g/mol. The number of alkyl halides is 1. The van der Waals surface area contributed by atoms with E-state index in [1.54, 1.807) is 0 Å². The Kier molecular flexibility index (Phi) is 5.06. The highest BCUT2D eigenvalue weighted by Gasteiger charge is 2.15. The minimum absolute atomic E-state index is 0.239. The standard InChI is InChI=1S/C16H19BrOS/c1-4-8-18-14-7-5-6-13(10-14)16(17)15-9-11(2)19-12(15)3/h5-7,9-10,16H,4,8H2,1-3H3. The quantitative estimate of drug-likeness (QED) is 0.641. The molecule has 0 amide bonds. The highest BCUT2D eigenvalue weighted by atomic mass is 79.9. The lowest BCUT2D eigenvalue weighted by molar-refractivity contribution is 0.317. The molecule has 102 valence electrons. The molecule has 0 N–H and O–H groups in total. The van der Waals surface area contributed by atoms with Crippen molar-refractivity contribution in [1.82, 2.24) is 0 Å². The van der Waals surface area contributed by atoms with Crippen LogP contribution in [0.25, 0.3) is 0 Å². The predicted octanol–water partition coefficient (Wildman–Crippen LogP) is 5.64. The molecule has 0 radical (unpaired) electrons. The Morgan fingerprint density at radius 3 is 2.68 bits per heavy atom. The zero-order chi connectivity index (χ0) is 13.8. The lowest BCUT2D eigenvalue weighted by Crippen LogP contribution is -1.97. The number of thiophene rings is 1. The van der Waals surface area contributed by atoms with Gasteiger partial charge in [0.05, 0.1) is 11.4 Å². The van der Waals surface area contributed by atoms with Crippen molar-refractivity contribution in [3.05, 3.63) is 51.2 Å². The monoisotopic (exact) mass is 338 g/mol. The molecule has 2 rings (SSSR count). The van der Waals surface area contributed by atoms with Crippen LogP contribution in [0, 0.1) is 13.8 Å². The van der Waals surface area contributed by atoms with Gasteiger partial charge in [-0.05, 0) is 49.6 Å². The largest absolute Gasteiger partial charge is 0.494 e. The fourth-order valence-corrected chi connectivity index (χ4v) is 3.94. The van der Waals surface area contributed by atoms with E-state index in [-0.39, 0.29) is 4.83 Å². The SMILES string of the molecule is CCCOc1cccc(C(Br)c2cc(C)sc2C)c1. The van der Waals surface area contributed by atoms with Crippen molar-refractivity contribution >= 4 is 27.3 Å². The number of benzene rings is 1. The summed E-state index contributed by atoms with van der Waals surface area (Å²) in [5, 5.41) is 0. The molecule has 1 nitrogen and oxygen atoms in total. The van der Waals surface area contributed by atoms with Gasteiger partial charge in [0.25, 0.3) is 0 Å². The molecule has 0 saturated carbocycles. The summed E-state index contributed by atoms with van der Waals surface area (Å²) >= 11 is 5.66. The third-order valence-corrected chi connectivity index (χ3v) is 4.98. The Balaban J connectivity index is 2.23. The molecular formula is C16H19BrOS. The Morgan fingerprint density at radius 1 is 1.26 bits per heavy atom. The van der Waals surface area contributed by atoms with E-state index in [1.165, 1.54) is 20.9 Å². The molecule has 19 heavy (non-hydrogen) atoms. The normalized spacial score (nSPS) is 12.4. The van der Waals surface area contributed by atoms with Crippen molar-refractivity contribution in [2.45, 2.75) is 32.0 Å². The fraction of sp³-hybridized carbons (Fsp3) is 0.375. The van der Waals surface area contributed by atoms with Crippen LogP contribution >= 0.6 is 27.3 Å². The summed E-state index contributed by atoms with van der Waals surface area (Å²) < 4.78 is 5.70. The molecule has 0 saturated heterocycles. The smallest absolute Gasteiger partial charge is 0.119 e. The maximum Gasteiger partial charge on any atom is 0.119 e. The van der Waals surface area contributed by atoms with Crippen molar-refractivity contribution in [1.29, 1.82) is 0 Å². The van der Waals surface area contributed by atoms with Crippen LogP contribution in [0.1, 0.15) is 39.1 Å². The number of hydrogen-bond acceptors (Lipinski definition) is 2. The maximum atomic E-state index is 5.70. The van der Waals surface area contributed by atoms with E-state index < -0.39 is 0 Å². The van der Waals surface area contributed by atoms with Crippen LogP contribution in [0.3, 0.4) is 0 Å². The molecule has 3 heteroatoms. The molecule has 0 spiro atoms. The molecule has 1 atom stereocenters. The van der Waals surface area contributed by atoms with Crippen LogP contribution in [-0.2, 0) is 0 Å². The van der Waals surface area contributed by atoms with Crippen molar-refractivity contribution in [2.75, 3.05) is 6.61 Å². The van der Waals surface area contributed by atoms with Gasteiger partial charge < -0.3 is 4.74 Å². The number of aryl methyl sites for hydroxylation is 2. The topological polar surface area (TPSA) is 9.23 Å². The van der Waals surface area contributed by atoms with Gasteiger partial charge in [0.15, 0.2) is 0 Å². The first-order chi connectivity index (χ1) is 9.11. The van der Waals surface area contributed by atoms with E-state index in [0.29, 0.717) is 0 Å². The summed E-state index contributed by atoms with van der Waals surface area (Å²) in [5.74, 6) is 0.952. The molecule has 2 aromatic rings. The summed E-state index contributed by atoms with van der Waals surface area (Å²) in [6, 6.07) is 10.6. The van der Waals surface area contributed by atoms with Crippen molar-refractivity contribution in [3.8, 4) is 5.75 Å². The number of hydrogen-bond donors (Lipinski definition) is 0. The van der Waals surface area contributed by atoms with Crippen molar-refractivity contribution in [3.63, 3.8) is 0 Å². The maximum absolute atomic E-state index is 5.70. The second-order valence-electron chi connectivity index (χ2n) is 4.65. The summed E-state index contributed by atoms with van der Waals surface area (Å²) in [4.78, 5) is 2.97. The van der Waals surface area contributed by atoms with Gasteiger partial charge in [-0.1, -0.05) is 35.0 Å². The Morgan fingerprint density at radius 2 is 2.05 bits per heavy atom. The minimum atomic E-state index is 0.239. The third-order valence-electron chi connectivity index (χ3n) is 2.98. The average Bonchev–Trinajstić information content (AvgIpc) is 2.75. The van der Waals surface area contributed by atoms with Crippen LogP contribution in [0.2, 0.25) is 0 Å². The second kappa shape index (κ2) is 6.58. The van der Waals surface area contributed by atoms with Gasteiger partial charge in [-0.25, -0.2) is 0 Å². The molecule has 0 aliphatic carbocycles. The van der Waals surface area contributed by atoms with Crippen LogP contribution in [0.5, 0.6) is 5.75 Å². The van der Waals surface area contributed by atoms with Gasteiger partial charge >= 0.3 is 0 Å².